The lowest BCUT2D eigenvalue weighted by Gasteiger charge is -2.41. The van der Waals surface area contributed by atoms with E-state index in [4.69, 9.17) is 41.0 Å². The Hall–Kier alpha value is -4.25. The van der Waals surface area contributed by atoms with Crippen molar-refractivity contribution in [3.63, 3.8) is 0 Å². The maximum Gasteiger partial charge on any atom is 0.255 e. The molecule has 3 aliphatic rings. The lowest BCUT2D eigenvalue weighted by molar-refractivity contribution is -0.131. The molecule has 0 unspecified atom stereocenters. The number of fused-ring (bicyclic) bond motifs is 1. The molecular weight excluding hydrogens is 544 g/mol. The van der Waals surface area contributed by atoms with E-state index >= 15 is 0 Å². The molecule has 2 amide bonds. The van der Waals surface area contributed by atoms with Crippen LogP contribution in [-0.4, -0.2) is 56.9 Å². The molecule has 0 saturated carbocycles. The van der Waals surface area contributed by atoms with Crippen molar-refractivity contribution in [2.24, 2.45) is 11.7 Å². The van der Waals surface area contributed by atoms with Crippen LogP contribution in [0.2, 0.25) is 5.02 Å². The second kappa shape index (κ2) is 10.1. The molecule has 11 nitrogen and oxygen atoms in total. The zero-order chi connectivity index (χ0) is 28.9. The summed E-state index contributed by atoms with van der Waals surface area (Å²) >= 11 is 6.53. The molecule has 2 aliphatic heterocycles. The van der Waals surface area contributed by atoms with Crippen molar-refractivity contribution in [3.05, 3.63) is 51.7 Å². The van der Waals surface area contributed by atoms with Crippen LogP contribution in [0.1, 0.15) is 41.6 Å². The first-order valence-electron chi connectivity index (χ1n) is 12.4. The maximum absolute atomic E-state index is 14.5. The first-order chi connectivity index (χ1) is 19.1. The van der Waals surface area contributed by atoms with Gasteiger partial charge in [0.05, 0.1) is 21.3 Å². The number of allylic oxidation sites excluding steroid dienone is 1. The number of nitrogens with two attached hydrogens (primary N) is 1. The van der Waals surface area contributed by atoms with Crippen molar-refractivity contribution >= 4 is 35.0 Å². The number of nitrogens with one attached hydrogen (secondary N) is 1. The van der Waals surface area contributed by atoms with E-state index in [9.17, 15) is 19.2 Å². The van der Waals surface area contributed by atoms with Gasteiger partial charge in [0.25, 0.3) is 5.91 Å². The first-order valence-corrected chi connectivity index (χ1v) is 12.8. The Bertz CT molecular complexity index is 1500. The van der Waals surface area contributed by atoms with E-state index in [1.54, 1.807) is 25.1 Å². The highest BCUT2D eigenvalue weighted by Crippen LogP contribution is 2.55. The second-order valence-electron chi connectivity index (χ2n) is 9.76. The lowest BCUT2D eigenvalue weighted by atomic mass is 9.66. The van der Waals surface area contributed by atoms with Crippen LogP contribution in [0.3, 0.4) is 0 Å². The van der Waals surface area contributed by atoms with Crippen LogP contribution in [0.4, 0.5) is 0 Å². The van der Waals surface area contributed by atoms with Gasteiger partial charge >= 0.3 is 0 Å². The molecule has 40 heavy (non-hydrogen) atoms. The molecule has 210 valence electrons. The fraction of sp³-hybridized carbons (Fsp3) is 0.357. The molecule has 0 saturated heterocycles. The highest BCUT2D eigenvalue weighted by atomic mass is 35.5. The van der Waals surface area contributed by atoms with Gasteiger partial charge in [-0.3, -0.25) is 19.2 Å². The summed E-state index contributed by atoms with van der Waals surface area (Å²) in [5.74, 6) is -2.49. The van der Waals surface area contributed by atoms with Crippen molar-refractivity contribution in [1.82, 2.24) is 5.32 Å². The molecule has 3 atom stereocenters. The smallest absolute Gasteiger partial charge is 0.255 e. The number of rotatable bonds is 7. The Morgan fingerprint density at radius 3 is 2.38 bits per heavy atom. The largest absolute Gasteiger partial charge is 0.496 e. The van der Waals surface area contributed by atoms with Crippen LogP contribution in [-0.2, 0) is 14.4 Å². The lowest BCUT2D eigenvalue weighted by Crippen LogP contribution is -2.59. The average molecular weight is 571 g/mol. The number of carbonyl (C=O) groups excluding carboxylic acids is 4. The highest BCUT2D eigenvalue weighted by molar-refractivity contribution is 6.36. The van der Waals surface area contributed by atoms with E-state index in [1.807, 2.05) is 0 Å². The normalized spacial score (nSPS) is 23.3. The van der Waals surface area contributed by atoms with Gasteiger partial charge in [-0.2, -0.15) is 0 Å². The van der Waals surface area contributed by atoms with E-state index in [0.717, 1.165) is 0 Å². The van der Waals surface area contributed by atoms with Gasteiger partial charge in [0.1, 0.15) is 22.1 Å². The fourth-order valence-electron chi connectivity index (χ4n) is 5.64. The van der Waals surface area contributed by atoms with Gasteiger partial charge < -0.3 is 34.7 Å². The van der Waals surface area contributed by atoms with Gasteiger partial charge in [-0.05, 0) is 24.1 Å². The number of benzene rings is 2. The summed E-state index contributed by atoms with van der Waals surface area (Å²) in [6.45, 7) is 1.36. The van der Waals surface area contributed by atoms with Crippen LogP contribution in [0.25, 0.3) is 0 Å². The van der Waals surface area contributed by atoms with Gasteiger partial charge in [0.2, 0.25) is 23.1 Å². The third-order valence-corrected chi connectivity index (χ3v) is 7.88. The standard InChI is InChI=1S/C28H27ClN2O9/c1-12-7-15-22(14(9-21(33)31-15)13-5-6-16(17(8-13)36-2)39-11-20(30)32)26(34)28(12)27(35)23-18(37-3)10-19(38-4)24(29)25(23)40-28/h5-6,8,10,12,14H,7,9,11H2,1-4H3,(H2,30,32)(H,31,33)/t12-,14-,28+/m1/s1. The summed E-state index contributed by atoms with van der Waals surface area (Å²) in [7, 11) is 4.23. The fourth-order valence-corrected chi connectivity index (χ4v) is 5.91. The summed E-state index contributed by atoms with van der Waals surface area (Å²) in [6, 6.07) is 6.34. The summed E-state index contributed by atoms with van der Waals surface area (Å²) in [5, 5.41) is 2.87. The Morgan fingerprint density at radius 2 is 1.73 bits per heavy atom. The molecule has 2 aromatic rings. The number of ketones is 2. The number of primary amides is 1. The molecule has 2 heterocycles. The molecular formula is C28H27ClN2O9. The van der Waals surface area contributed by atoms with Crippen LogP contribution >= 0.6 is 11.6 Å². The van der Waals surface area contributed by atoms with Crippen molar-refractivity contribution in [2.45, 2.75) is 31.3 Å². The topological polar surface area (TPSA) is 152 Å². The molecule has 2 aromatic carbocycles. The van der Waals surface area contributed by atoms with Crippen LogP contribution in [0.15, 0.2) is 35.5 Å². The Morgan fingerprint density at radius 1 is 1.02 bits per heavy atom. The average Bonchev–Trinajstić information content (AvgIpc) is 3.25. The number of ether oxygens (including phenoxy) is 5. The number of hydrogen-bond donors (Lipinski definition) is 2. The zero-order valence-corrected chi connectivity index (χ0v) is 23.0. The van der Waals surface area contributed by atoms with E-state index in [0.29, 0.717) is 11.3 Å². The summed E-state index contributed by atoms with van der Waals surface area (Å²) in [4.78, 5) is 52.5. The third-order valence-electron chi connectivity index (χ3n) is 7.52. The molecule has 0 fully saturated rings. The molecule has 0 aromatic heterocycles. The number of hydrogen-bond acceptors (Lipinski definition) is 9. The summed E-state index contributed by atoms with van der Waals surface area (Å²) < 4.78 is 27.8. The Kier molecular flexibility index (Phi) is 6.87. The molecule has 1 spiro atoms. The van der Waals surface area contributed by atoms with Crippen molar-refractivity contribution in [2.75, 3.05) is 27.9 Å². The van der Waals surface area contributed by atoms with Gasteiger partial charge in [0, 0.05) is 35.6 Å². The molecule has 5 rings (SSSR count). The summed E-state index contributed by atoms with van der Waals surface area (Å²) in [6.07, 6.45) is 0.135. The minimum Gasteiger partial charge on any atom is -0.496 e. The quantitative estimate of drug-likeness (QED) is 0.478. The van der Waals surface area contributed by atoms with Gasteiger partial charge in [-0.25, -0.2) is 0 Å². The van der Waals surface area contributed by atoms with Crippen LogP contribution in [0.5, 0.6) is 28.7 Å². The SMILES string of the molecule is COc1cc([C@H]2CC(=O)NC3=C2C(=O)[C@@]2(Oc4c(Cl)c(OC)cc(OC)c4C2=O)[C@H](C)C3)ccc1OCC(N)=O. The van der Waals surface area contributed by atoms with Gasteiger partial charge in [-0.1, -0.05) is 24.6 Å². The summed E-state index contributed by atoms with van der Waals surface area (Å²) in [5.41, 5.74) is 4.59. The minimum atomic E-state index is -1.92. The molecule has 12 heteroatoms. The van der Waals surface area contributed by atoms with E-state index in [2.05, 4.69) is 5.32 Å². The number of halogens is 1. The number of Topliss-reactive ketones (excluding diaryl/α,β-unsaturated/α-hetero) is 2. The van der Waals surface area contributed by atoms with Crippen LogP contribution < -0.4 is 34.7 Å². The predicted molar refractivity (Wildman–Crippen MR) is 141 cm³/mol. The van der Waals surface area contributed by atoms with Gasteiger partial charge in [-0.15, -0.1) is 0 Å². The van der Waals surface area contributed by atoms with E-state index in [1.165, 1.54) is 27.4 Å². The molecule has 0 radical (unpaired) electrons. The van der Waals surface area contributed by atoms with Crippen molar-refractivity contribution < 1.29 is 42.9 Å². The zero-order valence-electron chi connectivity index (χ0n) is 22.2. The predicted octanol–water partition coefficient (Wildman–Crippen LogP) is 2.71. The van der Waals surface area contributed by atoms with Crippen molar-refractivity contribution in [3.8, 4) is 28.7 Å². The first kappa shape index (κ1) is 27.3. The monoisotopic (exact) mass is 570 g/mol. The van der Waals surface area contributed by atoms with Gasteiger partial charge in [0.15, 0.2) is 23.9 Å². The van der Waals surface area contributed by atoms with E-state index in [-0.39, 0.29) is 70.3 Å². The molecule has 1 aliphatic carbocycles. The number of amides is 2. The number of methoxy groups -OCH3 is 3. The van der Waals surface area contributed by atoms with E-state index < -0.39 is 34.9 Å². The Balaban J connectivity index is 1.60. The third kappa shape index (κ3) is 4.03. The minimum absolute atomic E-state index is 0.0149. The van der Waals surface area contributed by atoms with Crippen LogP contribution in [0, 0.1) is 5.92 Å². The maximum atomic E-state index is 14.5. The van der Waals surface area contributed by atoms with Crippen molar-refractivity contribution in [1.29, 1.82) is 0 Å². The molecule has 0 bridgehead atoms. The highest BCUT2D eigenvalue weighted by Gasteiger charge is 2.63. The molecule has 3 N–H and O–H groups in total. The Labute approximate surface area is 234 Å². The second-order valence-corrected chi connectivity index (χ2v) is 10.1. The number of carbonyl (C=O) groups is 4.